The van der Waals surface area contributed by atoms with E-state index in [1.54, 1.807) is 7.05 Å². The van der Waals surface area contributed by atoms with Gasteiger partial charge in [0.05, 0.1) is 17.1 Å². The molecular weight excluding hydrogens is 244 g/mol. The van der Waals surface area contributed by atoms with Crippen LogP contribution in [0.1, 0.15) is 39.5 Å². The summed E-state index contributed by atoms with van der Waals surface area (Å²) in [5.74, 6) is 1.04. The summed E-state index contributed by atoms with van der Waals surface area (Å²) in [6, 6.07) is 3.15. The van der Waals surface area contributed by atoms with Crippen molar-refractivity contribution < 1.29 is 4.92 Å². The first-order valence-electron chi connectivity index (χ1n) is 6.67. The molecule has 0 aromatic carbocycles. The molecule has 0 radical (unpaired) electrons. The number of hydrogen-bond donors (Lipinski definition) is 2. The number of anilines is 2. The standard InChI is InChI=1S/C13H22N4O2/c1-4-5-6-7-10(2)15-13-9-11(17(18)19)8-12(14-3)16-13/h8-10H,4-7H2,1-3H3,(H2,14,15,16). The van der Waals surface area contributed by atoms with Crippen LogP contribution in [0.2, 0.25) is 0 Å². The van der Waals surface area contributed by atoms with Crippen LogP contribution in [0, 0.1) is 10.1 Å². The van der Waals surface area contributed by atoms with Gasteiger partial charge >= 0.3 is 0 Å². The first-order valence-corrected chi connectivity index (χ1v) is 6.67. The van der Waals surface area contributed by atoms with E-state index >= 15 is 0 Å². The van der Waals surface area contributed by atoms with Crippen LogP contribution in [-0.4, -0.2) is 23.0 Å². The van der Waals surface area contributed by atoms with Crippen LogP contribution in [0.25, 0.3) is 0 Å². The molecule has 19 heavy (non-hydrogen) atoms. The number of nitro groups is 1. The molecule has 0 amide bonds. The third-order valence-corrected chi connectivity index (χ3v) is 2.91. The van der Waals surface area contributed by atoms with Crippen LogP contribution >= 0.6 is 0 Å². The second-order valence-corrected chi connectivity index (χ2v) is 4.64. The van der Waals surface area contributed by atoms with Crippen LogP contribution in [0.5, 0.6) is 0 Å². The Bertz CT molecular complexity index is 423. The number of pyridine rings is 1. The lowest BCUT2D eigenvalue weighted by molar-refractivity contribution is -0.384. The van der Waals surface area contributed by atoms with Gasteiger partial charge in [0.2, 0.25) is 0 Å². The number of aromatic nitrogens is 1. The normalized spacial score (nSPS) is 11.9. The summed E-state index contributed by atoms with van der Waals surface area (Å²) in [5, 5.41) is 16.9. The Morgan fingerprint density at radius 2 is 2.05 bits per heavy atom. The SMILES string of the molecule is CCCCCC(C)Nc1cc([N+](=O)[O-])cc(NC)n1. The first kappa shape index (κ1) is 15.2. The molecular formula is C13H22N4O2. The Morgan fingerprint density at radius 3 is 2.63 bits per heavy atom. The van der Waals surface area contributed by atoms with Gasteiger partial charge in [0.25, 0.3) is 5.69 Å². The maximum atomic E-state index is 10.8. The number of nitrogens with zero attached hydrogens (tertiary/aromatic N) is 2. The lowest BCUT2D eigenvalue weighted by atomic mass is 10.1. The van der Waals surface area contributed by atoms with E-state index in [9.17, 15) is 10.1 Å². The van der Waals surface area contributed by atoms with Crippen LogP contribution < -0.4 is 10.6 Å². The van der Waals surface area contributed by atoms with E-state index in [0.717, 1.165) is 12.8 Å². The minimum Gasteiger partial charge on any atom is -0.373 e. The monoisotopic (exact) mass is 266 g/mol. The Hall–Kier alpha value is -1.85. The Kier molecular flexibility index (Phi) is 6.05. The number of nitrogens with one attached hydrogen (secondary N) is 2. The van der Waals surface area contributed by atoms with Gasteiger partial charge in [-0.05, 0) is 13.3 Å². The third-order valence-electron chi connectivity index (χ3n) is 2.91. The molecule has 0 aliphatic carbocycles. The van der Waals surface area contributed by atoms with Gasteiger partial charge in [-0.1, -0.05) is 26.2 Å². The van der Waals surface area contributed by atoms with Gasteiger partial charge in [0.15, 0.2) is 0 Å². The van der Waals surface area contributed by atoms with E-state index in [1.807, 2.05) is 0 Å². The number of unbranched alkanes of at least 4 members (excludes halogenated alkanes) is 2. The van der Waals surface area contributed by atoms with Crippen molar-refractivity contribution in [3.05, 3.63) is 22.2 Å². The van der Waals surface area contributed by atoms with Crippen molar-refractivity contribution in [1.82, 2.24) is 4.98 Å². The quantitative estimate of drug-likeness (QED) is 0.428. The van der Waals surface area contributed by atoms with Crippen molar-refractivity contribution in [3.8, 4) is 0 Å². The second kappa shape index (κ2) is 7.56. The molecule has 0 fully saturated rings. The zero-order valence-corrected chi connectivity index (χ0v) is 11.8. The van der Waals surface area contributed by atoms with Crippen LogP contribution in [0.15, 0.2) is 12.1 Å². The van der Waals surface area contributed by atoms with Gasteiger partial charge in [-0.25, -0.2) is 4.98 Å². The van der Waals surface area contributed by atoms with Crippen molar-refractivity contribution in [2.24, 2.45) is 0 Å². The molecule has 2 N–H and O–H groups in total. The molecule has 0 saturated heterocycles. The Morgan fingerprint density at radius 1 is 1.37 bits per heavy atom. The molecule has 1 unspecified atom stereocenters. The van der Waals surface area contributed by atoms with Gasteiger partial charge in [-0.3, -0.25) is 10.1 Å². The van der Waals surface area contributed by atoms with Gasteiger partial charge in [0, 0.05) is 13.1 Å². The summed E-state index contributed by atoms with van der Waals surface area (Å²) in [5.41, 5.74) is 0.0441. The highest BCUT2D eigenvalue weighted by Crippen LogP contribution is 2.21. The number of hydrogen-bond acceptors (Lipinski definition) is 5. The Labute approximate surface area is 113 Å². The second-order valence-electron chi connectivity index (χ2n) is 4.64. The lowest BCUT2D eigenvalue weighted by Gasteiger charge is -2.14. The summed E-state index contributed by atoms with van der Waals surface area (Å²) >= 11 is 0. The molecule has 0 aliphatic heterocycles. The van der Waals surface area contributed by atoms with Gasteiger partial charge in [-0.2, -0.15) is 0 Å². The third kappa shape index (κ3) is 5.11. The van der Waals surface area contributed by atoms with E-state index in [-0.39, 0.29) is 11.7 Å². The molecule has 1 atom stereocenters. The zero-order valence-electron chi connectivity index (χ0n) is 11.8. The fraction of sp³-hybridized carbons (Fsp3) is 0.615. The van der Waals surface area contributed by atoms with E-state index in [2.05, 4.69) is 29.5 Å². The highest BCUT2D eigenvalue weighted by atomic mass is 16.6. The van der Waals surface area contributed by atoms with Crippen LogP contribution in [0.3, 0.4) is 0 Å². The fourth-order valence-corrected chi connectivity index (χ4v) is 1.85. The number of rotatable bonds is 8. The molecule has 1 aromatic heterocycles. The predicted molar refractivity (Wildman–Crippen MR) is 77.7 cm³/mol. The maximum Gasteiger partial charge on any atom is 0.276 e. The molecule has 0 saturated carbocycles. The van der Waals surface area contributed by atoms with Crippen molar-refractivity contribution in [1.29, 1.82) is 0 Å². The topological polar surface area (TPSA) is 80.1 Å². The first-order chi connectivity index (χ1) is 9.06. The zero-order chi connectivity index (χ0) is 14.3. The predicted octanol–water partition coefficient (Wildman–Crippen LogP) is 3.41. The molecule has 1 aromatic rings. The van der Waals surface area contributed by atoms with E-state index < -0.39 is 4.92 Å². The van der Waals surface area contributed by atoms with Crippen molar-refractivity contribution in [2.75, 3.05) is 17.7 Å². The summed E-state index contributed by atoms with van der Waals surface area (Å²) in [7, 11) is 1.69. The Balaban J connectivity index is 2.71. The molecule has 6 heteroatoms. The van der Waals surface area contributed by atoms with E-state index in [0.29, 0.717) is 11.6 Å². The summed E-state index contributed by atoms with van der Waals surface area (Å²) in [6.45, 7) is 4.23. The maximum absolute atomic E-state index is 10.8. The lowest BCUT2D eigenvalue weighted by Crippen LogP contribution is -2.16. The van der Waals surface area contributed by atoms with Gasteiger partial charge < -0.3 is 10.6 Å². The van der Waals surface area contributed by atoms with Crippen LogP contribution in [-0.2, 0) is 0 Å². The molecule has 6 nitrogen and oxygen atoms in total. The van der Waals surface area contributed by atoms with Crippen molar-refractivity contribution >= 4 is 17.3 Å². The molecule has 1 heterocycles. The molecule has 0 spiro atoms. The van der Waals surface area contributed by atoms with Gasteiger partial charge in [0.1, 0.15) is 11.6 Å². The fourth-order valence-electron chi connectivity index (χ4n) is 1.85. The molecule has 0 bridgehead atoms. The summed E-state index contributed by atoms with van der Waals surface area (Å²) < 4.78 is 0. The minimum atomic E-state index is -0.407. The molecule has 106 valence electrons. The largest absolute Gasteiger partial charge is 0.373 e. The van der Waals surface area contributed by atoms with Crippen LogP contribution in [0.4, 0.5) is 17.3 Å². The minimum absolute atomic E-state index is 0.0441. The average molecular weight is 266 g/mol. The van der Waals surface area contributed by atoms with E-state index in [1.165, 1.54) is 25.0 Å². The highest BCUT2D eigenvalue weighted by molar-refractivity contribution is 5.54. The smallest absolute Gasteiger partial charge is 0.276 e. The molecule has 1 rings (SSSR count). The average Bonchev–Trinajstić information content (AvgIpc) is 2.38. The van der Waals surface area contributed by atoms with Gasteiger partial charge in [-0.15, -0.1) is 0 Å². The summed E-state index contributed by atoms with van der Waals surface area (Å²) in [6.07, 6.45) is 4.58. The van der Waals surface area contributed by atoms with E-state index in [4.69, 9.17) is 0 Å². The van der Waals surface area contributed by atoms with Crippen molar-refractivity contribution in [3.63, 3.8) is 0 Å². The highest BCUT2D eigenvalue weighted by Gasteiger charge is 2.12. The van der Waals surface area contributed by atoms with Crippen molar-refractivity contribution in [2.45, 2.75) is 45.6 Å². The molecule has 0 aliphatic rings. The summed E-state index contributed by atoms with van der Waals surface area (Å²) in [4.78, 5) is 14.7.